The quantitative estimate of drug-likeness (QED) is 0.0272. The van der Waals surface area contributed by atoms with Gasteiger partial charge in [-0.2, -0.15) is 0 Å². The molecule has 0 aromatic heterocycles. The van der Waals surface area contributed by atoms with Gasteiger partial charge in [-0.05, 0) is 64.2 Å². The van der Waals surface area contributed by atoms with Gasteiger partial charge in [0.25, 0.3) is 7.82 Å². The molecule has 0 radical (unpaired) electrons. The number of likely N-dealkylation sites (N-methyl/N-ethyl adjacent to an activating group) is 1. The number of allylic oxidation sites excluding steroid dienone is 12. The maximum atomic E-state index is 13.0. The van der Waals surface area contributed by atoms with Crippen LogP contribution in [0.15, 0.2) is 72.9 Å². The summed E-state index contributed by atoms with van der Waals surface area (Å²) in [5.74, 6) is -0.168. The number of aliphatic hydroxyl groups excluding tert-OH is 1. The predicted octanol–water partition coefficient (Wildman–Crippen LogP) is 16.9. The Hall–Kier alpha value is -2.06. The second kappa shape index (κ2) is 50.9. The second-order valence-corrected chi connectivity index (χ2v) is 22.0. The van der Waals surface area contributed by atoms with Gasteiger partial charge in [0.1, 0.15) is 13.2 Å². The van der Waals surface area contributed by atoms with E-state index in [1.807, 2.05) is 21.1 Å². The molecule has 0 saturated heterocycles. The first-order chi connectivity index (χ1) is 33.5. The largest absolute Gasteiger partial charge is 0.756 e. The molecule has 0 aliphatic heterocycles. The molecular weight excluding hydrogens is 876 g/mol. The van der Waals surface area contributed by atoms with Crippen LogP contribution in [-0.4, -0.2) is 68.5 Å². The van der Waals surface area contributed by atoms with Crippen LogP contribution in [0, 0.1) is 0 Å². The zero-order valence-corrected chi connectivity index (χ0v) is 46.6. The van der Waals surface area contributed by atoms with Crippen molar-refractivity contribution in [2.45, 2.75) is 264 Å². The number of rotatable bonds is 52. The minimum atomic E-state index is -4.58. The van der Waals surface area contributed by atoms with Gasteiger partial charge in [-0.25, -0.2) is 0 Å². The van der Waals surface area contributed by atoms with Crippen molar-refractivity contribution in [3.8, 4) is 0 Å². The van der Waals surface area contributed by atoms with E-state index in [4.69, 9.17) is 9.05 Å². The molecule has 0 saturated carbocycles. The maximum absolute atomic E-state index is 13.0. The fourth-order valence-electron chi connectivity index (χ4n) is 8.22. The molecule has 0 aromatic carbocycles. The molecule has 3 atom stereocenters. The van der Waals surface area contributed by atoms with Crippen LogP contribution in [0.2, 0.25) is 0 Å². The molecule has 0 heterocycles. The van der Waals surface area contributed by atoms with Crippen LogP contribution in [0.1, 0.15) is 251 Å². The number of carbonyl (C=O) groups excluding carboxylic acids is 1. The van der Waals surface area contributed by atoms with Crippen LogP contribution in [0.25, 0.3) is 0 Å². The van der Waals surface area contributed by atoms with Crippen molar-refractivity contribution < 1.29 is 32.9 Å². The molecule has 0 bridgehead atoms. The highest BCUT2D eigenvalue weighted by Crippen LogP contribution is 2.38. The van der Waals surface area contributed by atoms with E-state index in [0.29, 0.717) is 23.9 Å². The molecular formula is C60H111N2O6P. The molecule has 0 spiro atoms. The average molecular weight is 988 g/mol. The van der Waals surface area contributed by atoms with Crippen LogP contribution in [0.5, 0.6) is 0 Å². The minimum absolute atomic E-state index is 0.00981. The number of unbranched alkanes of at least 4 members (excludes halogenated alkanes) is 27. The van der Waals surface area contributed by atoms with Gasteiger partial charge in [0.05, 0.1) is 39.9 Å². The number of nitrogens with one attached hydrogen (secondary N) is 1. The Morgan fingerprint density at radius 2 is 0.884 bits per heavy atom. The van der Waals surface area contributed by atoms with Crippen LogP contribution in [0.4, 0.5) is 0 Å². The Balaban J connectivity index is 4.12. The third kappa shape index (κ3) is 53.6. The number of hydrogen-bond acceptors (Lipinski definition) is 6. The van der Waals surface area contributed by atoms with Gasteiger partial charge >= 0.3 is 0 Å². The number of quaternary nitrogens is 1. The molecule has 3 unspecified atom stereocenters. The van der Waals surface area contributed by atoms with Crippen molar-refractivity contribution in [3.05, 3.63) is 72.9 Å². The lowest BCUT2D eigenvalue weighted by molar-refractivity contribution is -0.870. The molecule has 9 heteroatoms. The Morgan fingerprint density at radius 1 is 0.522 bits per heavy atom. The molecule has 2 N–H and O–H groups in total. The zero-order chi connectivity index (χ0) is 50.6. The third-order valence-corrected chi connectivity index (χ3v) is 13.7. The molecule has 8 nitrogen and oxygen atoms in total. The standard InChI is InChI=1S/C60H111N2O6P/c1-6-8-10-12-14-16-18-20-22-24-25-26-27-28-29-30-31-32-33-34-35-36-37-38-40-42-44-46-48-50-52-54-60(64)61-58(57-68-69(65,66)67-56-55-62(3,4)5)59(63)53-51-49-47-45-43-41-39-23-21-19-17-15-13-11-9-7-2/h8,10,14,16,20,22,25-26,28-29,31-32,58-59,63H,6-7,9,11-13,15,17-19,21,23-24,27,30,33-57H2,1-5H3,(H-,61,64,65,66)/b10-8-,16-14-,22-20-,26-25-,29-28-,32-31-. The number of nitrogens with zero attached hydrogens (tertiary/aromatic N) is 1. The summed E-state index contributed by atoms with van der Waals surface area (Å²) >= 11 is 0. The van der Waals surface area contributed by atoms with Crippen LogP contribution >= 0.6 is 7.82 Å². The van der Waals surface area contributed by atoms with Gasteiger partial charge < -0.3 is 28.8 Å². The summed E-state index contributed by atoms with van der Waals surface area (Å²) in [4.78, 5) is 25.5. The van der Waals surface area contributed by atoms with Gasteiger partial charge in [0.15, 0.2) is 0 Å². The molecule has 0 aliphatic rings. The Kier molecular flexibility index (Phi) is 49.3. The fraction of sp³-hybridized carbons (Fsp3) is 0.783. The second-order valence-electron chi connectivity index (χ2n) is 20.6. The lowest BCUT2D eigenvalue weighted by Crippen LogP contribution is -2.46. The summed E-state index contributed by atoms with van der Waals surface area (Å²) in [7, 11) is 1.30. The van der Waals surface area contributed by atoms with Crippen molar-refractivity contribution >= 4 is 13.7 Å². The molecule has 0 fully saturated rings. The SMILES string of the molecule is CC/C=C\C/C=C\C/C=C\C/C=C\C/C=C\C/C=C\CCCCCCCCCCCCCCC(=O)NC(COP(=O)([O-])OCC[N+](C)(C)C)C(O)CCCCCCCCCCCCCCCCCC. The Labute approximate surface area is 427 Å². The maximum Gasteiger partial charge on any atom is 0.268 e. The molecule has 1 amide bonds. The van der Waals surface area contributed by atoms with Crippen LogP contribution in [-0.2, 0) is 18.4 Å². The van der Waals surface area contributed by atoms with E-state index in [-0.39, 0.29) is 19.1 Å². The minimum Gasteiger partial charge on any atom is -0.756 e. The fourth-order valence-corrected chi connectivity index (χ4v) is 8.94. The van der Waals surface area contributed by atoms with Gasteiger partial charge in [0, 0.05) is 6.42 Å². The van der Waals surface area contributed by atoms with Gasteiger partial charge in [-0.15, -0.1) is 0 Å². The number of phosphoric acid groups is 1. The van der Waals surface area contributed by atoms with Crippen molar-refractivity contribution in [1.29, 1.82) is 0 Å². The molecule has 0 aromatic rings. The van der Waals surface area contributed by atoms with E-state index in [0.717, 1.165) is 77.0 Å². The monoisotopic (exact) mass is 987 g/mol. The number of carbonyl (C=O) groups is 1. The van der Waals surface area contributed by atoms with Crippen LogP contribution < -0.4 is 10.2 Å². The first kappa shape index (κ1) is 66.9. The molecule has 69 heavy (non-hydrogen) atoms. The van der Waals surface area contributed by atoms with E-state index in [1.54, 1.807) is 0 Å². The van der Waals surface area contributed by atoms with Crippen molar-refractivity contribution in [2.75, 3.05) is 40.9 Å². The van der Waals surface area contributed by atoms with E-state index in [2.05, 4.69) is 92.1 Å². The van der Waals surface area contributed by atoms with Crippen molar-refractivity contribution in [2.24, 2.45) is 0 Å². The number of phosphoric ester groups is 1. The van der Waals surface area contributed by atoms with E-state index < -0.39 is 20.0 Å². The summed E-state index contributed by atoms with van der Waals surface area (Å²) in [5.41, 5.74) is 0. The highest BCUT2D eigenvalue weighted by atomic mass is 31.2. The lowest BCUT2D eigenvalue weighted by atomic mass is 10.0. The van der Waals surface area contributed by atoms with Crippen molar-refractivity contribution in [1.82, 2.24) is 5.32 Å². The summed E-state index contributed by atoms with van der Waals surface area (Å²) in [5, 5.41) is 14.0. The number of amides is 1. The average Bonchev–Trinajstić information content (AvgIpc) is 3.31. The molecule has 0 rings (SSSR count). The van der Waals surface area contributed by atoms with Gasteiger partial charge in [0.2, 0.25) is 5.91 Å². The van der Waals surface area contributed by atoms with Gasteiger partial charge in [-0.1, -0.05) is 254 Å². The first-order valence-corrected chi connectivity index (χ1v) is 30.2. The highest BCUT2D eigenvalue weighted by Gasteiger charge is 2.24. The van der Waals surface area contributed by atoms with Crippen molar-refractivity contribution in [3.63, 3.8) is 0 Å². The highest BCUT2D eigenvalue weighted by molar-refractivity contribution is 7.45. The lowest BCUT2D eigenvalue weighted by Gasteiger charge is -2.30. The molecule has 402 valence electrons. The topological polar surface area (TPSA) is 108 Å². The summed E-state index contributed by atoms with van der Waals surface area (Å²) in [6.07, 6.45) is 69.3. The van der Waals surface area contributed by atoms with E-state index >= 15 is 0 Å². The summed E-state index contributed by atoms with van der Waals surface area (Å²) < 4.78 is 23.4. The summed E-state index contributed by atoms with van der Waals surface area (Å²) in [6, 6.07) is -0.805. The summed E-state index contributed by atoms with van der Waals surface area (Å²) in [6.45, 7) is 4.62. The Morgan fingerprint density at radius 3 is 1.29 bits per heavy atom. The van der Waals surface area contributed by atoms with E-state index in [9.17, 15) is 19.4 Å². The van der Waals surface area contributed by atoms with E-state index in [1.165, 1.54) is 148 Å². The Bertz CT molecular complexity index is 1350. The third-order valence-electron chi connectivity index (χ3n) is 12.7. The molecule has 0 aliphatic carbocycles. The zero-order valence-electron chi connectivity index (χ0n) is 45.8. The predicted molar refractivity (Wildman–Crippen MR) is 297 cm³/mol. The smallest absolute Gasteiger partial charge is 0.268 e. The van der Waals surface area contributed by atoms with Crippen LogP contribution in [0.3, 0.4) is 0 Å². The van der Waals surface area contributed by atoms with Gasteiger partial charge in [-0.3, -0.25) is 9.36 Å². The number of hydrogen-bond donors (Lipinski definition) is 2. The first-order valence-electron chi connectivity index (χ1n) is 28.8. The number of aliphatic hydroxyl groups is 1. The normalized spacial score (nSPS) is 14.5.